The van der Waals surface area contributed by atoms with E-state index in [-0.39, 0.29) is 0 Å². The third-order valence-electron chi connectivity index (χ3n) is 4.20. The molecule has 0 aromatic carbocycles. The summed E-state index contributed by atoms with van der Waals surface area (Å²) in [6.07, 6.45) is 6.48. The zero-order valence-corrected chi connectivity index (χ0v) is 12.0. The summed E-state index contributed by atoms with van der Waals surface area (Å²) in [7, 11) is 4.06. The number of ether oxygens (including phenoxy) is 1. The van der Waals surface area contributed by atoms with Crippen molar-refractivity contribution in [2.45, 2.75) is 64.1 Å². The van der Waals surface area contributed by atoms with Crippen LogP contribution in [0.3, 0.4) is 0 Å². The second kappa shape index (κ2) is 8.06. The number of nitrogens with one attached hydrogen (secondary N) is 1. The number of methoxy groups -OCH3 is 1. The van der Waals surface area contributed by atoms with Crippen molar-refractivity contribution < 1.29 is 4.74 Å². The van der Waals surface area contributed by atoms with Crippen LogP contribution in [0, 0.1) is 0 Å². The first-order chi connectivity index (χ1) is 8.19. The highest BCUT2D eigenvalue weighted by Crippen LogP contribution is 2.24. The molecule has 1 fully saturated rings. The second-order valence-corrected chi connectivity index (χ2v) is 5.36. The Morgan fingerprint density at radius 1 is 1.29 bits per heavy atom. The number of nitrogens with zero attached hydrogens (tertiary/aromatic N) is 1. The van der Waals surface area contributed by atoms with Crippen molar-refractivity contribution in [3.8, 4) is 0 Å². The molecular formula is C14H30N2O. The molecule has 1 unspecified atom stereocenters. The molecule has 0 aromatic heterocycles. The zero-order chi connectivity index (χ0) is 12.7. The van der Waals surface area contributed by atoms with Crippen molar-refractivity contribution >= 4 is 0 Å². The average Bonchev–Trinajstić information content (AvgIpc) is 2.36. The van der Waals surface area contributed by atoms with Crippen LogP contribution >= 0.6 is 0 Å². The standard InChI is InChI=1S/C14H30N2O/c1-5-15-13-6-8-14(9-7-13)16(3)12(2)10-11-17-4/h12-15H,5-11H2,1-4H3. The molecule has 0 aromatic rings. The lowest BCUT2D eigenvalue weighted by Crippen LogP contribution is -2.44. The maximum atomic E-state index is 5.16. The zero-order valence-electron chi connectivity index (χ0n) is 12.0. The molecular weight excluding hydrogens is 212 g/mol. The summed E-state index contributed by atoms with van der Waals surface area (Å²) in [6.45, 7) is 6.49. The number of hydrogen-bond acceptors (Lipinski definition) is 3. The Morgan fingerprint density at radius 3 is 2.47 bits per heavy atom. The Balaban J connectivity index is 2.27. The van der Waals surface area contributed by atoms with Crippen LogP contribution in [0.5, 0.6) is 0 Å². The van der Waals surface area contributed by atoms with E-state index in [0.29, 0.717) is 6.04 Å². The van der Waals surface area contributed by atoms with Crippen molar-refractivity contribution in [3.05, 3.63) is 0 Å². The molecule has 1 saturated carbocycles. The van der Waals surface area contributed by atoms with E-state index >= 15 is 0 Å². The van der Waals surface area contributed by atoms with Gasteiger partial charge in [-0.3, -0.25) is 0 Å². The van der Waals surface area contributed by atoms with E-state index < -0.39 is 0 Å². The van der Waals surface area contributed by atoms with Crippen LogP contribution in [0.15, 0.2) is 0 Å². The molecule has 3 heteroatoms. The fourth-order valence-corrected chi connectivity index (χ4v) is 2.83. The minimum absolute atomic E-state index is 0.635. The molecule has 1 aliphatic carbocycles. The monoisotopic (exact) mass is 242 g/mol. The van der Waals surface area contributed by atoms with Gasteiger partial charge in [0.05, 0.1) is 0 Å². The minimum atomic E-state index is 0.635. The molecule has 0 radical (unpaired) electrons. The summed E-state index contributed by atoms with van der Waals surface area (Å²) in [5, 5.41) is 3.57. The van der Waals surface area contributed by atoms with Gasteiger partial charge in [0.25, 0.3) is 0 Å². The molecule has 1 N–H and O–H groups in total. The summed E-state index contributed by atoms with van der Waals surface area (Å²) in [6, 6.07) is 2.17. The lowest BCUT2D eigenvalue weighted by Gasteiger charge is -2.38. The van der Waals surface area contributed by atoms with E-state index in [1.165, 1.54) is 25.7 Å². The highest BCUT2D eigenvalue weighted by atomic mass is 16.5. The van der Waals surface area contributed by atoms with Gasteiger partial charge >= 0.3 is 0 Å². The van der Waals surface area contributed by atoms with Gasteiger partial charge in [0.1, 0.15) is 0 Å². The van der Waals surface area contributed by atoms with Crippen LogP contribution in [0.1, 0.15) is 46.0 Å². The molecule has 0 saturated heterocycles. The molecule has 17 heavy (non-hydrogen) atoms. The maximum Gasteiger partial charge on any atom is 0.0477 e. The van der Waals surface area contributed by atoms with Gasteiger partial charge in [-0.1, -0.05) is 6.92 Å². The molecule has 3 nitrogen and oxygen atoms in total. The SMILES string of the molecule is CCNC1CCC(N(C)C(C)CCOC)CC1. The fraction of sp³-hybridized carbons (Fsp3) is 1.00. The van der Waals surface area contributed by atoms with E-state index in [0.717, 1.165) is 31.7 Å². The molecule has 0 bridgehead atoms. The lowest BCUT2D eigenvalue weighted by molar-refractivity contribution is 0.103. The number of hydrogen-bond donors (Lipinski definition) is 1. The maximum absolute atomic E-state index is 5.16. The Hall–Kier alpha value is -0.120. The van der Waals surface area contributed by atoms with Gasteiger partial charge in [0, 0.05) is 31.8 Å². The Labute approximate surface area is 107 Å². The van der Waals surface area contributed by atoms with E-state index in [1.54, 1.807) is 7.11 Å². The molecule has 0 amide bonds. The van der Waals surface area contributed by atoms with E-state index in [9.17, 15) is 0 Å². The summed E-state index contributed by atoms with van der Waals surface area (Å²) in [4.78, 5) is 2.56. The second-order valence-electron chi connectivity index (χ2n) is 5.36. The van der Waals surface area contributed by atoms with E-state index in [4.69, 9.17) is 4.74 Å². The highest BCUT2D eigenvalue weighted by molar-refractivity contribution is 4.83. The Bertz CT molecular complexity index is 191. The van der Waals surface area contributed by atoms with Crippen LogP contribution in [-0.2, 0) is 4.74 Å². The van der Waals surface area contributed by atoms with Crippen molar-refractivity contribution in [1.29, 1.82) is 0 Å². The topological polar surface area (TPSA) is 24.5 Å². The van der Waals surface area contributed by atoms with Gasteiger partial charge in [0.15, 0.2) is 0 Å². The fourth-order valence-electron chi connectivity index (χ4n) is 2.83. The third kappa shape index (κ3) is 4.94. The van der Waals surface area contributed by atoms with Crippen molar-refractivity contribution in [1.82, 2.24) is 10.2 Å². The van der Waals surface area contributed by atoms with Crippen LogP contribution in [0.25, 0.3) is 0 Å². The minimum Gasteiger partial charge on any atom is -0.385 e. The lowest BCUT2D eigenvalue weighted by atomic mass is 9.89. The summed E-state index contributed by atoms with van der Waals surface area (Å²) in [5.74, 6) is 0. The van der Waals surface area contributed by atoms with Crippen LogP contribution in [0.4, 0.5) is 0 Å². The van der Waals surface area contributed by atoms with Gasteiger partial charge in [-0.15, -0.1) is 0 Å². The molecule has 0 aliphatic heterocycles. The molecule has 1 atom stereocenters. The molecule has 102 valence electrons. The molecule has 1 rings (SSSR count). The predicted octanol–water partition coefficient (Wildman–Crippen LogP) is 2.26. The van der Waals surface area contributed by atoms with E-state index in [1.807, 2.05) is 0 Å². The third-order valence-corrected chi connectivity index (χ3v) is 4.20. The highest BCUT2D eigenvalue weighted by Gasteiger charge is 2.25. The Morgan fingerprint density at radius 2 is 1.94 bits per heavy atom. The molecule has 0 spiro atoms. The van der Waals surface area contributed by atoms with Crippen LogP contribution in [0.2, 0.25) is 0 Å². The van der Waals surface area contributed by atoms with Crippen molar-refractivity contribution in [2.75, 3.05) is 27.3 Å². The van der Waals surface area contributed by atoms with Gasteiger partial charge < -0.3 is 15.0 Å². The first-order valence-corrected chi connectivity index (χ1v) is 7.13. The normalized spacial score (nSPS) is 27.4. The molecule has 0 heterocycles. The number of rotatable bonds is 7. The largest absolute Gasteiger partial charge is 0.385 e. The summed E-state index contributed by atoms with van der Waals surface area (Å²) < 4.78 is 5.16. The first kappa shape index (κ1) is 14.9. The average molecular weight is 242 g/mol. The smallest absolute Gasteiger partial charge is 0.0477 e. The van der Waals surface area contributed by atoms with Gasteiger partial charge in [-0.2, -0.15) is 0 Å². The van der Waals surface area contributed by atoms with Gasteiger partial charge in [-0.05, 0) is 52.6 Å². The van der Waals surface area contributed by atoms with E-state index in [2.05, 4.69) is 31.1 Å². The van der Waals surface area contributed by atoms with Crippen molar-refractivity contribution in [3.63, 3.8) is 0 Å². The predicted molar refractivity (Wildman–Crippen MR) is 73.4 cm³/mol. The van der Waals surface area contributed by atoms with Crippen LogP contribution in [-0.4, -0.2) is 50.3 Å². The van der Waals surface area contributed by atoms with Gasteiger partial charge in [-0.25, -0.2) is 0 Å². The quantitative estimate of drug-likeness (QED) is 0.741. The summed E-state index contributed by atoms with van der Waals surface area (Å²) in [5.41, 5.74) is 0. The Kier molecular flexibility index (Phi) is 7.09. The first-order valence-electron chi connectivity index (χ1n) is 7.13. The summed E-state index contributed by atoms with van der Waals surface area (Å²) >= 11 is 0. The molecule has 1 aliphatic rings. The van der Waals surface area contributed by atoms with Gasteiger partial charge in [0.2, 0.25) is 0 Å². The van der Waals surface area contributed by atoms with Crippen LogP contribution < -0.4 is 5.32 Å². The van der Waals surface area contributed by atoms with Crippen molar-refractivity contribution in [2.24, 2.45) is 0 Å².